The van der Waals surface area contributed by atoms with E-state index in [-0.39, 0.29) is 35.8 Å². The Balaban J connectivity index is 1.43. The summed E-state index contributed by atoms with van der Waals surface area (Å²) in [4.78, 5) is 26.7. The summed E-state index contributed by atoms with van der Waals surface area (Å²) in [6.45, 7) is 1.22. The summed E-state index contributed by atoms with van der Waals surface area (Å²) >= 11 is 0. The predicted octanol–water partition coefficient (Wildman–Crippen LogP) is 2.40. The van der Waals surface area contributed by atoms with Gasteiger partial charge >= 0.3 is 0 Å². The Labute approximate surface area is 153 Å². The summed E-state index contributed by atoms with van der Waals surface area (Å²) in [7, 11) is 0. The highest BCUT2D eigenvalue weighted by Crippen LogP contribution is 2.28. The zero-order chi connectivity index (χ0) is 18.5. The lowest BCUT2D eigenvalue weighted by Gasteiger charge is -2.33. The number of rotatable bonds is 5. The number of hydrogen-bond acceptors (Lipinski definition) is 3. The van der Waals surface area contributed by atoms with Crippen molar-refractivity contribution in [1.29, 1.82) is 0 Å². The molecule has 0 radical (unpaired) electrons. The van der Waals surface area contributed by atoms with Gasteiger partial charge in [-0.1, -0.05) is 31.0 Å². The van der Waals surface area contributed by atoms with E-state index in [4.69, 9.17) is 0 Å². The maximum atomic E-state index is 13.7. The molecule has 1 aromatic carbocycles. The maximum Gasteiger partial charge on any atom is 0.225 e. The monoisotopic (exact) mass is 362 g/mol. The second-order valence-corrected chi connectivity index (χ2v) is 7.36. The Morgan fingerprint density at radius 3 is 2.42 bits per heavy atom. The molecule has 0 unspecified atom stereocenters. The van der Waals surface area contributed by atoms with Crippen molar-refractivity contribution >= 4 is 11.8 Å². The van der Waals surface area contributed by atoms with Gasteiger partial charge in [0.05, 0.1) is 6.10 Å². The van der Waals surface area contributed by atoms with Crippen molar-refractivity contribution in [3.63, 3.8) is 0 Å². The van der Waals surface area contributed by atoms with Crippen LogP contribution in [0.1, 0.15) is 50.2 Å². The first-order chi connectivity index (χ1) is 12.6. The van der Waals surface area contributed by atoms with Gasteiger partial charge in [0.2, 0.25) is 11.8 Å². The number of benzene rings is 1. The fraction of sp³-hybridized carbons (Fsp3) is 0.600. The van der Waals surface area contributed by atoms with Crippen LogP contribution in [-0.2, 0) is 9.59 Å². The van der Waals surface area contributed by atoms with E-state index < -0.39 is 11.9 Å². The molecule has 0 aromatic heterocycles. The molecule has 142 valence electrons. The Morgan fingerprint density at radius 1 is 1.12 bits per heavy atom. The quantitative estimate of drug-likeness (QED) is 0.845. The molecule has 1 heterocycles. The Hall–Kier alpha value is -1.95. The van der Waals surface area contributed by atoms with Gasteiger partial charge in [0.25, 0.3) is 0 Å². The number of hydrogen-bond donors (Lipinski definition) is 2. The average molecular weight is 362 g/mol. The van der Waals surface area contributed by atoms with E-state index in [9.17, 15) is 19.1 Å². The first kappa shape index (κ1) is 18.8. The van der Waals surface area contributed by atoms with Crippen molar-refractivity contribution < 1.29 is 19.1 Å². The molecular weight excluding hydrogens is 335 g/mol. The van der Waals surface area contributed by atoms with Crippen molar-refractivity contribution in [2.24, 2.45) is 11.8 Å². The predicted molar refractivity (Wildman–Crippen MR) is 95.6 cm³/mol. The lowest BCUT2D eigenvalue weighted by Crippen LogP contribution is -2.45. The van der Waals surface area contributed by atoms with Gasteiger partial charge < -0.3 is 15.3 Å². The largest absolute Gasteiger partial charge is 0.386 e. The SMILES string of the molecule is O=C(NC[C@H](O)c1ccccc1F)C1CCN(C(=O)C2CCCC2)CC1. The number of nitrogens with one attached hydrogen (secondary N) is 1. The minimum Gasteiger partial charge on any atom is -0.386 e. The third kappa shape index (κ3) is 4.41. The van der Waals surface area contributed by atoms with Gasteiger partial charge in [-0.25, -0.2) is 4.39 Å². The molecule has 2 aliphatic rings. The first-order valence-corrected chi connectivity index (χ1v) is 9.55. The Kier molecular flexibility index (Phi) is 6.25. The highest BCUT2D eigenvalue weighted by Gasteiger charge is 2.32. The van der Waals surface area contributed by atoms with Crippen LogP contribution in [0.5, 0.6) is 0 Å². The van der Waals surface area contributed by atoms with E-state index >= 15 is 0 Å². The number of amides is 2. The molecule has 2 fully saturated rings. The van der Waals surface area contributed by atoms with Crippen LogP contribution in [0.25, 0.3) is 0 Å². The molecule has 1 atom stereocenters. The van der Waals surface area contributed by atoms with Crippen LogP contribution < -0.4 is 5.32 Å². The maximum absolute atomic E-state index is 13.7. The van der Waals surface area contributed by atoms with Crippen LogP contribution in [0.4, 0.5) is 4.39 Å². The molecule has 1 saturated heterocycles. The zero-order valence-corrected chi connectivity index (χ0v) is 15.0. The van der Waals surface area contributed by atoms with E-state index in [2.05, 4.69) is 5.32 Å². The molecule has 2 N–H and O–H groups in total. The molecule has 26 heavy (non-hydrogen) atoms. The van der Waals surface area contributed by atoms with Gasteiger partial charge in [-0.3, -0.25) is 9.59 Å². The smallest absolute Gasteiger partial charge is 0.225 e. The van der Waals surface area contributed by atoms with Crippen LogP contribution in [0, 0.1) is 17.7 Å². The first-order valence-electron chi connectivity index (χ1n) is 9.55. The minimum absolute atomic E-state index is 0.0129. The zero-order valence-electron chi connectivity index (χ0n) is 15.0. The van der Waals surface area contributed by atoms with Gasteiger partial charge in [0.1, 0.15) is 5.82 Å². The van der Waals surface area contributed by atoms with E-state index in [1.807, 2.05) is 4.90 Å². The van der Waals surface area contributed by atoms with Crippen LogP contribution in [0.15, 0.2) is 24.3 Å². The number of halogens is 1. The van der Waals surface area contributed by atoms with Crippen molar-refractivity contribution in [1.82, 2.24) is 10.2 Å². The topological polar surface area (TPSA) is 69.6 Å². The fourth-order valence-electron chi connectivity index (χ4n) is 3.99. The Bertz CT molecular complexity index is 638. The van der Waals surface area contributed by atoms with Gasteiger partial charge in [0, 0.05) is 37.0 Å². The number of aliphatic hydroxyl groups is 1. The summed E-state index contributed by atoms with van der Waals surface area (Å²) in [6.07, 6.45) is 4.48. The highest BCUT2D eigenvalue weighted by atomic mass is 19.1. The van der Waals surface area contributed by atoms with Crippen molar-refractivity contribution in [2.45, 2.75) is 44.6 Å². The fourth-order valence-corrected chi connectivity index (χ4v) is 3.99. The summed E-state index contributed by atoms with van der Waals surface area (Å²) in [5, 5.41) is 12.8. The van der Waals surface area contributed by atoms with Crippen LogP contribution in [0.2, 0.25) is 0 Å². The van der Waals surface area contributed by atoms with Gasteiger partial charge in [-0.05, 0) is 31.7 Å². The number of aliphatic hydroxyl groups excluding tert-OH is 1. The average Bonchev–Trinajstić information content (AvgIpc) is 3.20. The molecule has 0 spiro atoms. The number of carbonyl (C=O) groups excluding carboxylic acids is 2. The summed E-state index contributed by atoms with van der Waals surface area (Å²) in [6, 6.07) is 6.02. The lowest BCUT2D eigenvalue weighted by atomic mass is 9.94. The highest BCUT2D eigenvalue weighted by molar-refractivity contribution is 5.81. The third-order valence-corrected chi connectivity index (χ3v) is 5.62. The third-order valence-electron chi connectivity index (χ3n) is 5.62. The van der Waals surface area contributed by atoms with Crippen molar-refractivity contribution in [2.75, 3.05) is 19.6 Å². The van der Waals surface area contributed by atoms with Crippen molar-refractivity contribution in [3.05, 3.63) is 35.6 Å². The lowest BCUT2D eigenvalue weighted by molar-refractivity contribution is -0.139. The molecule has 3 rings (SSSR count). The molecule has 0 bridgehead atoms. The van der Waals surface area contributed by atoms with Gasteiger partial charge in [-0.2, -0.15) is 0 Å². The molecule has 6 heteroatoms. The molecular formula is C20H27FN2O3. The molecule has 1 aliphatic carbocycles. The van der Waals surface area contributed by atoms with Crippen LogP contribution in [-0.4, -0.2) is 41.5 Å². The number of nitrogens with zero attached hydrogens (tertiary/aromatic N) is 1. The number of carbonyl (C=O) groups is 2. The van der Waals surface area contributed by atoms with E-state index in [0.29, 0.717) is 25.9 Å². The van der Waals surface area contributed by atoms with Crippen molar-refractivity contribution in [3.8, 4) is 0 Å². The standard InChI is InChI=1S/C20H27FN2O3/c21-17-8-4-3-7-16(17)18(24)13-22-19(25)14-9-11-23(12-10-14)20(26)15-5-1-2-6-15/h3-4,7-8,14-15,18,24H,1-2,5-6,9-13H2,(H,22,25)/t18-/m0/s1. The molecule has 5 nitrogen and oxygen atoms in total. The van der Waals surface area contributed by atoms with E-state index in [1.54, 1.807) is 12.1 Å². The van der Waals surface area contributed by atoms with Crippen LogP contribution in [0.3, 0.4) is 0 Å². The van der Waals surface area contributed by atoms with Crippen LogP contribution >= 0.6 is 0 Å². The van der Waals surface area contributed by atoms with Gasteiger partial charge in [-0.15, -0.1) is 0 Å². The molecule has 1 saturated carbocycles. The normalized spacial score (nSPS) is 20.2. The summed E-state index contributed by atoms with van der Waals surface area (Å²) in [5.41, 5.74) is 0.185. The summed E-state index contributed by atoms with van der Waals surface area (Å²) < 4.78 is 13.7. The number of piperidine rings is 1. The molecule has 2 amide bonds. The van der Waals surface area contributed by atoms with E-state index in [1.165, 1.54) is 12.1 Å². The second-order valence-electron chi connectivity index (χ2n) is 7.36. The Morgan fingerprint density at radius 2 is 1.77 bits per heavy atom. The molecule has 1 aromatic rings. The van der Waals surface area contributed by atoms with E-state index in [0.717, 1.165) is 25.7 Å². The molecule has 1 aliphatic heterocycles. The van der Waals surface area contributed by atoms with Gasteiger partial charge in [0.15, 0.2) is 0 Å². The summed E-state index contributed by atoms with van der Waals surface area (Å²) in [5.74, 6) is -0.343. The number of likely N-dealkylation sites (tertiary alicyclic amines) is 1. The minimum atomic E-state index is -1.07. The second kappa shape index (κ2) is 8.62.